The number of benzene rings is 1. The van der Waals surface area contributed by atoms with Crippen LogP contribution in [0.3, 0.4) is 0 Å². The zero-order chi connectivity index (χ0) is 16.9. The van der Waals surface area contributed by atoms with E-state index in [-0.39, 0.29) is 12.7 Å². The number of nitrogens with zero attached hydrogens (tertiary/aromatic N) is 2. The van der Waals surface area contributed by atoms with Gasteiger partial charge in [-0.05, 0) is 76.9 Å². The van der Waals surface area contributed by atoms with Crippen LogP contribution in [-0.4, -0.2) is 53.2 Å². The van der Waals surface area contributed by atoms with E-state index < -0.39 is 0 Å². The highest BCUT2D eigenvalue weighted by Gasteiger charge is 2.27. The Morgan fingerprint density at radius 1 is 1.17 bits per heavy atom. The first kappa shape index (κ1) is 17.7. The average Bonchev–Trinajstić information content (AvgIpc) is 3.10. The van der Waals surface area contributed by atoms with Crippen molar-refractivity contribution in [2.24, 2.45) is 0 Å². The molecule has 1 N–H and O–H groups in total. The lowest BCUT2D eigenvalue weighted by molar-refractivity contribution is 0.110. The molecule has 4 nitrogen and oxygen atoms in total. The normalized spacial score (nSPS) is 23.1. The largest absolute Gasteiger partial charge is 0.491 e. The van der Waals surface area contributed by atoms with Crippen LogP contribution in [0.4, 0.5) is 0 Å². The monoisotopic (exact) mass is 332 g/mol. The number of hydrogen-bond acceptors (Lipinski definition) is 4. The van der Waals surface area contributed by atoms with Gasteiger partial charge in [0.05, 0.1) is 12.7 Å². The van der Waals surface area contributed by atoms with Crippen LogP contribution >= 0.6 is 0 Å². The van der Waals surface area contributed by atoms with Gasteiger partial charge in [0.2, 0.25) is 0 Å². The number of aliphatic hydroxyl groups is 1. The van der Waals surface area contributed by atoms with E-state index in [1.165, 1.54) is 57.4 Å². The Bertz CT molecular complexity index is 526. The van der Waals surface area contributed by atoms with Crippen LogP contribution in [0.25, 0.3) is 0 Å². The van der Waals surface area contributed by atoms with E-state index in [0.29, 0.717) is 0 Å². The Hall–Kier alpha value is -1.10. The van der Waals surface area contributed by atoms with E-state index in [4.69, 9.17) is 4.74 Å². The fraction of sp³-hybridized carbons (Fsp3) is 0.700. The summed E-state index contributed by atoms with van der Waals surface area (Å²) in [6.07, 6.45) is 5.51. The molecular formula is C20H32N2O2. The lowest BCUT2D eigenvalue weighted by Gasteiger charge is -2.37. The summed E-state index contributed by atoms with van der Waals surface area (Å²) >= 11 is 0. The zero-order valence-electron chi connectivity index (χ0n) is 15.2. The number of aliphatic hydroxyl groups excluding tert-OH is 1. The maximum Gasteiger partial charge on any atom is 0.125 e. The summed E-state index contributed by atoms with van der Waals surface area (Å²) in [5, 5.41) is 9.65. The van der Waals surface area contributed by atoms with Crippen LogP contribution in [0, 0.1) is 0 Å². The quantitative estimate of drug-likeness (QED) is 0.869. The van der Waals surface area contributed by atoms with E-state index in [2.05, 4.69) is 21.9 Å². The number of ether oxygens (including phenoxy) is 1. The third-order valence-electron chi connectivity index (χ3n) is 5.20. The summed E-state index contributed by atoms with van der Waals surface area (Å²) in [5.41, 5.74) is 2.17. The molecule has 4 heteroatoms. The average molecular weight is 332 g/mol. The highest BCUT2D eigenvalue weighted by molar-refractivity contribution is 5.37. The molecule has 1 aromatic rings. The molecule has 0 amide bonds. The number of hydrogen-bond donors (Lipinski definition) is 1. The number of likely N-dealkylation sites (tertiary alicyclic amines) is 2. The summed E-state index contributed by atoms with van der Waals surface area (Å²) in [4.78, 5) is 5.26. The van der Waals surface area contributed by atoms with Gasteiger partial charge in [0, 0.05) is 24.7 Å². The Labute approximate surface area is 146 Å². The van der Waals surface area contributed by atoms with Crippen molar-refractivity contribution in [2.45, 2.75) is 64.8 Å². The predicted molar refractivity (Wildman–Crippen MR) is 97.2 cm³/mol. The summed E-state index contributed by atoms with van der Waals surface area (Å²) in [6, 6.07) is 7.01. The van der Waals surface area contributed by atoms with Gasteiger partial charge < -0.3 is 9.84 Å². The second-order valence-corrected chi connectivity index (χ2v) is 7.54. The molecule has 2 aliphatic heterocycles. The summed E-state index contributed by atoms with van der Waals surface area (Å²) in [5.74, 6) is 0.810. The van der Waals surface area contributed by atoms with Gasteiger partial charge in [-0.2, -0.15) is 0 Å². The minimum Gasteiger partial charge on any atom is -0.491 e. The smallest absolute Gasteiger partial charge is 0.125 e. The van der Waals surface area contributed by atoms with Gasteiger partial charge in [0.1, 0.15) is 5.75 Å². The molecule has 0 saturated carbocycles. The first-order valence-electron chi connectivity index (χ1n) is 9.51. The van der Waals surface area contributed by atoms with Crippen LogP contribution < -0.4 is 4.74 Å². The first-order chi connectivity index (χ1) is 11.7. The molecule has 1 atom stereocenters. The first-order valence-corrected chi connectivity index (χ1v) is 9.51. The van der Waals surface area contributed by atoms with E-state index in [1.54, 1.807) is 0 Å². The summed E-state index contributed by atoms with van der Waals surface area (Å²) < 4.78 is 5.79. The van der Waals surface area contributed by atoms with E-state index in [9.17, 15) is 5.11 Å². The molecule has 0 spiro atoms. The maximum atomic E-state index is 9.65. The Morgan fingerprint density at radius 3 is 2.67 bits per heavy atom. The van der Waals surface area contributed by atoms with Crippen molar-refractivity contribution < 1.29 is 9.84 Å². The minimum absolute atomic E-state index is 0.0340. The van der Waals surface area contributed by atoms with Crippen molar-refractivity contribution in [3.05, 3.63) is 29.3 Å². The van der Waals surface area contributed by atoms with Crippen molar-refractivity contribution in [3.8, 4) is 5.75 Å². The van der Waals surface area contributed by atoms with Crippen molar-refractivity contribution >= 4 is 0 Å². The van der Waals surface area contributed by atoms with Gasteiger partial charge >= 0.3 is 0 Å². The van der Waals surface area contributed by atoms with Crippen molar-refractivity contribution in [1.82, 2.24) is 9.80 Å². The Kier molecular flexibility index (Phi) is 6.14. The van der Waals surface area contributed by atoms with Crippen LogP contribution in [-0.2, 0) is 13.2 Å². The Balaban J connectivity index is 1.62. The molecule has 0 radical (unpaired) electrons. The third kappa shape index (κ3) is 4.50. The molecular weight excluding hydrogens is 300 g/mol. The lowest BCUT2D eigenvalue weighted by Crippen LogP contribution is -2.46. The summed E-state index contributed by atoms with van der Waals surface area (Å²) in [7, 11) is 0. The molecule has 0 bridgehead atoms. The topological polar surface area (TPSA) is 35.9 Å². The van der Waals surface area contributed by atoms with Crippen LogP contribution in [0.5, 0.6) is 5.75 Å². The van der Waals surface area contributed by atoms with E-state index in [0.717, 1.165) is 23.9 Å². The molecule has 24 heavy (non-hydrogen) atoms. The van der Waals surface area contributed by atoms with Gasteiger partial charge in [-0.1, -0.05) is 6.07 Å². The molecule has 1 unspecified atom stereocenters. The highest BCUT2D eigenvalue weighted by Crippen LogP contribution is 2.25. The molecule has 2 fully saturated rings. The lowest BCUT2D eigenvalue weighted by atomic mass is 10.0. The highest BCUT2D eigenvalue weighted by atomic mass is 16.5. The van der Waals surface area contributed by atoms with Crippen molar-refractivity contribution in [2.75, 3.05) is 26.2 Å². The molecule has 0 aromatic heterocycles. The second-order valence-electron chi connectivity index (χ2n) is 7.54. The predicted octanol–water partition coefficient (Wildman–Crippen LogP) is 3.03. The fourth-order valence-corrected chi connectivity index (χ4v) is 4.06. The van der Waals surface area contributed by atoms with E-state index >= 15 is 0 Å². The Morgan fingerprint density at radius 2 is 1.96 bits per heavy atom. The molecule has 1 aromatic carbocycles. The third-order valence-corrected chi connectivity index (χ3v) is 5.20. The zero-order valence-corrected chi connectivity index (χ0v) is 15.2. The standard InChI is InChI=1S/C20H32N2O2/c1-16(2)24-20-8-7-17(12-18(20)15-23)13-21-9-5-6-19(14-21)22-10-3-4-11-22/h7-8,12,16,19,23H,3-6,9-11,13-15H2,1-2H3. The van der Waals surface area contributed by atoms with Gasteiger partial charge in [0.25, 0.3) is 0 Å². The van der Waals surface area contributed by atoms with Gasteiger partial charge in [-0.3, -0.25) is 9.80 Å². The van der Waals surface area contributed by atoms with E-state index in [1.807, 2.05) is 19.9 Å². The van der Waals surface area contributed by atoms with Crippen molar-refractivity contribution in [1.29, 1.82) is 0 Å². The van der Waals surface area contributed by atoms with Crippen LogP contribution in [0.1, 0.15) is 50.7 Å². The van der Waals surface area contributed by atoms with Crippen LogP contribution in [0.2, 0.25) is 0 Å². The molecule has 134 valence electrons. The van der Waals surface area contributed by atoms with Crippen LogP contribution in [0.15, 0.2) is 18.2 Å². The van der Waals surface area contributed by atoms with Gasteiger partial charge in [0.15, 0.2) is 0 Å². The second kappa shape index (κ2) is 8.32. The number of rotatable bonds is 6. The molecule has 0 aliphatic carbocycles. The van der Waals surface area contributed by atoms with Gasteiger partial charge in [-0.15, -0.1) is 0 Å². The molecule has 2 saturated heterocycles. The maximum absolute atomic E-state index is 9.65. The fourth-order valence-electron chi connectivity index (χ4n) is 4.06. The molecule has 2 heterocycles. The molecule has 2 aliphatic rings. The van der Waals surface area contributed by atoms with Gasteiger partial charge in [-0.25, -0.2) is 0 Å². The SMILES string of the molecule is CC(C)Oc1ccc(CN2CCCC(N3CCCC3)C2)cc1CO. The molecule has 3 rings (SSSR count). The van der Waals surface area contributed by atoms with Crippen molar-refractivity contribution in [3.63, 3.8) is 0 Å². The minimum atomic E-state index is 0.0340. The summed E-state index contributed by atoms with van der Waals surface area (Å²) in [6.45, 7) is 9.97. The number of piperidine rings is 1.